The molecule has 8 heteroatoms. The summed E-state index contributed by atoms with van der Waals surface area (Å²) in [5.74, 6) is 0.147. The van der Waals surface area contributed by atoms with Crippen LogP contribution in [-0.2, 0) is 26.0 Å². The smallest absolute Gasteiger partial charge is 0.240 e. The van der Waals surface area contributed by atoms with E-state index in [-0.39, 0.29) is 35.6 Å². The second-order valence-electron chi connectivity index (χ2n) is 7.09. The molecule has 1 fully saturated rings. The molecule has 0 spiro atoms. The molecule has 1 aliphatic rings. The maximum Gasteiger partial charge on any atom is 0.240 e. The van der Waals surface area contributed by atoms with Gasteiger partial charge in [-0.3, -0.25) is 14.5 Å². The van der Waals surface area contributed by atoms with E-state index in [0.717, 1.165) is 15.9 Å². The van der Waals surface area contributed by atoms with Crippen LogP contribution >= 0.6 is 0 Å². The van der Waals surface area contributed by atoms with E-state index >= 15 is 0 Å². The van der Waals surface area contributed by atoms with Crippen LogP contribution in [0.1, 0.15) is 25.5 Å². The van der Waals surface area contributed by atoms with Gasteiger partial charge in [-0.05, 0) is 43.3 Å². The fourth-order valence-electron chi connectivity index (χ4n) is 3.45. The van der Waals surface area contributed by atoms with E-state index in [9.17, 15) is 18.0 Å². The number of nitrogens with one attached hydrogen (secondary N) is 1. The Kier molecular flexibility index (Phi) is 4.97. The standard InChI is InChI=1S/C21H20N2O5S/c1-14(12-17-13-15-4-2-3-5-19(15)28-17)22-29(26,27)18-8-6-16(7-9-18)23-20(24)10-11-21(23)25/h2-9,13-14,22H,10-12H2,1H3. The number of carbonyl (C=O) groups excluding carboxylic acids is 2. The molecule has 1 N–H and O–H groups in total. The minimum Gasteiger partial charge on any atom is -0.461 e. The molecule has 1 saturated heterocycles. The van der Waals surface area contributed by atoms with Gasteiger partial charge in [-0.15, -0.1) is 0 Å². The van der Waals surface area contributed by atoms with Gasteiger partial charge in [0.2, 0.25) is 21.8 Å². The quantitative estimate of drug-likeness (QED) is 0.628. The first-order valence-electron chi connectivity index (χ1n) is 9.29. The third-order valence-electron chi connectivity index (χ3n) is 4.80. The van der Waals surface area contributed by atoms with Crippen molar-refractivity contribution in [2.24, 2.45) is 0 Å². The molecule has 1 atom stereocenters. The highest BCUT2D eigenvalue weighted by atomic mass is 32.2. The molecular formula is C21H20N2O5S. The number of anilines is 1. The molecule has 0 radical (unpaired) electrons. The summed E-state index contributed by atoms with van der Waals surface area (Å²) >= 11 is 0. The fraction of sp³-hybridized carbons (Fsp3) is 0.238. The Morgan fingerprint density at radius 1 is 1.03 bits per heavy atom. The molecule has 0 aliphatic carbocycles. The average molecular weight is 412 g/mol. The van der Waals surface area contributed by atoms with E-state index in [0.29, 0.717) is 17.9 Å². The van der Waals surface area contributed by atoms with Crippen LogP contribution in [0.3, 0.4) is 0 Å². The SMILES string of the molecule is CC(Cc1cc2ccccc2o1)NS(=O)(=O)c1ccc(N2C(=O)CCC2=O)cc1. The van der Waals surface area contributed by atoms with Crippen LogP contribution in [0.15, 0.2) is 63.9 Å². The van der Waals surface area contributed by atoms with Crippen molar-refractivity contribution in [2.75, 3.05) is 4.90 Å². The van der Waals surface area contributed by atoms with Crippen molar-refractivity contribution in [2.45, 2.75) is 37.1 Å². The highest BCUT2D eigenvalue weighted by molar-refractivity contribution is 7.89. The number of rotatable bonds is 6. The first kappa shape index (κ1) is 19.4. The van der Waals surface area contributed by atoms with Crippen molar-refractivity contribution < 1.29 is 22.4 Å². The number of nitrogens with zero attached hydrogens (tertiary/aromatic N) is 1. The summed E-state index contributed by atoms with van der Waals surface area (Å²) in [6, 6.07) is 14.9. The zero-order chi connectivity index (χ0) is 20.6. The average Bonchev–Trinajstić information content (AvgIpc) is 3.23. The Morgan fingerprint density at radius 2 is 1.69 bits per heavy atom. The van der Waals surface area contributed by atoms with Gasteiger partial charge in [-0.1, -0.05) is 18.2 Å². The Morgan fingerprint density at radius 3 is 2.34 bits per heavy atom. The van der Waals surface area contributed by atoms with Gasteiger partial charge in [0, 0.05) is 30.7 Å². The summed E-state index contributed by atoms with van der Waals surface area (Å²) < 4.78 is 33.7. The van der Waals surface area contributed by atoms with Crippen molar-refractivity contribution in [3.63, 3.8) is 0 Å². The summed E-state index contributed by atoms with van der Waals surface area (Å²) in [6.45, 7) is 1.76. The lowest BCUT2D eigenvalue weighted by molar-refractivity contribution is -0.121. The lowest BCUT2D eigenvalue weighted by Crippen LogP contribution is -2.34. The highest BCUT2D eigenvalue weighted by Crippen LogP contribution is 2.24. The van der Waals surface area contributed by atoms with Crippen molar-refractivity contribution in [3.05, 3.63) is 60.4 Å². The summed E-state index contributed by atoms with van der Waals surface area (Å²) in [7, 11) is -3.76. The van der Waals surface area contributed by atoms with E-state index in [1.54, 1.807) is 6.92 Å². The van der Waals surface area contributed by atoms with E-state index in [1.807, 2.05) is 30.3 Å². The van der Waals surface area contributed by atoms with Crippen LogP contribution in [0.25, 0.3) is 11.0 Å². The molecule has 2 aromatic carbocycles. The van der Waals surface area contributed by atoms with Crippen LogP contribution in [0, 0.1) is 0 Å². The number of hydrogen-bond acceptors (Lipinski definition) is 5. The van der Waals surface area contributed by atoms with Gasteiger partial charge in [-0.2, -0.15) is 0 Å². The Labute approximate surface area is 168 Å². The Balaban J connectivity index is 1.46. The van der Waals surface area contributed by atoms with Crippen molar-refractivity contribution in [1.82, 2.24) is 4.72 Å². The van der Waals surface area contributed by atoms with Crippen LogP contribution < -0.4 is 9.62 Å². The van der Waals surface area contributed by atoms with Crippen LogP contribution in [0.2, 0.25) is 0 Å². The van der Waals surface area contributed by atoms with Crippen molar-refractivity contribution >= 4 is 38.5 Å². The lowest BCUT2D eigenvalue weighted by atomic mass is 10.2. The fourth-order valence-corrected chi connectivity index (χ4v) is 4.70. The van der Waals surface area contributed by atoms with E-state index in [1.165, 1.54) is 24.3 Å². The third-order valence-corrected chi connectivity index (χ3v) is 6.40. The van der Waals surface area contributed by atoms with Gasteiger partial charge < -0.3 is 4.42 Å². The predicted molar refractivity (Wildman–Crippen MR) is 108 cm³/mol. The van der Waals surface area contributed by atoms with E-state index < -0.39 is 10.0 Å². The largest absolute Gasteiger partial charge is 0.461 e. The first-order valence-corrected chi connectivity index (χ1v) is 10.8. The number of furan rings is 1. The minimum absolute atomic E-state index is 0.0665. The summed E-state index contributed by atoms with van der Waals surface area (Å²) in [4.78, 5) is 24.8. The molecule has 0 bridgehead atoms. The Hall–Kier alpha value is -2.97. The monoisotopic (exact) mass is 412 g/mol. The highest BCUT2D eigenvalue weighted by Gasteiger charge is 2.30. The molecule has 29 heavy (non-hydrogen) atoms. The third kappa shape index (κ3) is 3.94. The van der Waals surface area contributed by atoms with Crippen LogP contribution in [-0.4, -0.2) is 26.3 Å². The molecule has 1 aromatic heterocycles. The zero-order valence-corrected chi connectivity index (χ0v) is 16.6. The molecule has 0 saturated carbocycles. The number of para-hydroxylation sites is 1. The maximum absolute atomic E-state index is 12.7. The molecule has 3 aromatic rings. The number of imide groups is 1. The lowest BCUT2D eigenvalue weighted by Gasteiger charge is -2.16. The number of hydrogen-bond donors (Lipinski definition) is 1. The van der Waals surface area contributed by atoms with Gasteiger partial charge >= 0.3 is 0 Å². The van der Waals surface area contributed by atoms with Gasteiger partial charge in [0.05, 0.1) is 10.6 Å². The van der Waals surface area contributed by atoms with Gasteiger partial charge in [-0.25, -0.2) is 13.1 Å². The summed E-state index contributed by atoms with van der Waals surface area (Å²) in [5.41, 5.74) is 1.14. The molecule has 1 aliphatic heterocycles. The van der Waals surface area contributed by atoms with Crippen molar-refractivity contribution in [1.29, 1.82) is 0 Å². The zero-order valence-electron chi connectivity index (χ0n) is 15.8. The van der Waals surface area contributed by atoms with Crippen molar-refractivity contribution in [3.8, 4) is 0 Å². The topological polar surface area (TPSA) is 96.7 Å². The van der Waals surface area contributed by atoms with Gasteiger partial charge in [0.1, 0.15) is 11.3 Å². The van der Waals surface area contributed by atoms with Crippen LogP contribution in [0.4, 0.5) is 5.69 Å². The second kappa shape index (κ2) is 7.46. The summed E-state index contributed by atoms with van der Waals surface area (Å²) in [5, 5.41) is 0.971. The number of carbonyl (C=O) groups is 2. The predicted octanol–water partition coefficient (Wildman–Crippen LogP) is 3.00. The van der Waals surface area contributed by atoms with Gasteiger partial charge in [0.15, 0.2) is 0 Å². The molecule has 7 nitrogen and oxygen atoms in total. The molecule has 1 unspecified atom stereocenters. The normalized spacial score (nSPS) is 16.0. The molecule has 2 amide bonds. The van der Waals surface area contributed by atoms with E-state index in [2.05, 4.69) is 4.72 Å². The molecular weight excluding hydrogens is 392 g/mol. The first-order chi connectivity index (χ1) is 13.8. The number of amides is 2. The number of benzene rings is 2. The van der Waals surface area contributed by atoms with Crippen LogP contribution in [0.5, 0.6) is 0 Å². The molecule has 4 rings (SSSR count). The number of fused-ring (bicyclic) bond motifs is 1. The second-order valence-corrected chi connectivity index (χ2v) is 8.81. The maximum atomic E-state index is 12.7. The minimum atomic E-state index is -3.76. The number of sulfonamides is 1. The Bertz CT molecular complexity index is 1130. The molecule has 2 heterocycles. The molecule has 150 valence electrons. The van der Waals surface area contributed by atoms with Gasteiger partial charge in [0.25, 0.3) is 0 Å². The summed E-state index contributed by atoms with van der Waals surface area (Å²) in [6.07, 6.45) is 0.766. The van der Waals surface area contributed by atoms with E-state index in [4.69, 9.17) is 4.42 Å².